The molecule has 0 saturated heterocycles. The molecule has 4 aromatic rings. The second-order valence-corrected chi connectivity index (χ2v) is 7.35. The molecule has 1 unspecified atom stereocenters. The van der Waals surface area contributed by atoms with Gasteiger partial charge in [-0.05, 0) is 48.6 Å². The zero-order valence-corrected chi connectivity index (χ0v) is 15.9. The number of nitrogens with zero attached hydrogens (tertiary/aromatic N) is 5. The number of rotatable bonds is 5. The molecule has 3 heterocycles. The number of benzene rings is 1. The molecule has 1 fully saturated rings. The summed E-state index contributed by atoms with van der Waals surface area (Å²) in [7, 11) is 1.57. The number of aliphatic hydroxyl groups excluding tert-OH is 1. The predicted molar refractivity (Wildman–Crippen MR) is 104 cm³/mol. The second-order valence-electron chi connectivity index (χ2n) is 6.95. The summed E-state index contributed by atoms with van der Waals surface area (Å²) in [6.07, 6.45) is 6.59. The van der Waals surface area contributed by atoms with Crippen molar-refractivity contribution < 1.29 is 9.84 Å². The normalized spacial score (nSPS) is 15.1. The minimum Gasteiger partial charge on any atom is -0.495 e. The van der Waals surface area contributed by atoms with Gasteiger partial charge in [-0.15, -0.1) is 5.10 Å². The summed E-state index contributed by atoms with van der Waals surface area (Å²) in [6.45, 7) is 0. The Balaban J connectivity index is 1.55. The fourth-order valence-corrected chi connectivity index (χ4v) is 3.78. The molecular formula is C20H18ClN5O2. The van der Waals surface area contributed by atoms with Crippen molar-refractivity contribution >= 4 is 17.1 Å². The Bertz CT molecular complexity index is 1160. The molecule has 0 aliphatic heterocycles. The van der Waals surface area contributed by atoms with Gasteiger partial charge in [-0.1, -0.05) is 22.9 Å². The molecule has 1 aromatic carbocycles. The number of halogens is 1. The van der Waals surface area contributed by atoms with Gasteiger partial charge in [0.25, 0.3) is 0 Å². The number of ether oxygens (including phenoxy) is 1. The molecule has 0 amide bonds. The van der Waals surface area contributed by atoms with Crippen LogP contribution in [0.4, 0.5) is 0 Å². The fourth-order valence-electron chi connectivity index (χ4n) is 3.52. The molecule has 0 radical (unpaired) electrons. The molecule has 3 aromatic heterocycles. The highest BCUT2D eigenvalue weighted by Gasteiger charge is 2.31. The number of pyridine rings is 1. The van der Waals surface area contributed by atoms with Gasteiger partial charge in [-0.3, -0.25) is 4.40 Å². The van der Waals surface area contributed by atoms with Crippen molar-refractivity contribution in [2.45, 2.75) is 24.9 Å². The Morgan fingerprint density at radius 3 is 2.86 bits per heavy atom. The summed E-state index contributed by atoms with van der Waals surface area (Å²) in [4.78, 5) is 4.22. The SMILES string of the molecule is COc1ccc(-n2cc(C(O)c3c(C4CC4)ccc4cncn34)nn2)cc1Cl. The summed E-state index contributed by atoms with van der Waals surface area (Å²) in [5.74, 6) is 1.07. The van der Waals surface area contributed by atoms with E-state index in [1.54, 1.807) is 42.6 Å². The Morgan fingerprint density at radius 1 is 1.25 bits per heavy atom. The number of fused-ring (bicyclic) bond motifs is 1. The summed E-state index contributed by atoms with van der Waals surface area (Å²) in [6, 6.07) is 9.47. The van der Waals surface area contributed by atoms with Gasteiger partial charge in [-0.25, -0.2) is 9.67 Å². The summed E-state index contributed by atoms with van der Waals surface area (Å²) >= 11 is 6.21. The van der Waals surface area contributed by atoms with Crippen LogP contribution in [0.2, 0.25) is 5.02 Å². The number of hydrogen-bond donors (Lipinski definition) is 1. The summed E-state index contributed by atoms with van der Waals surface area (Å²) in [5.41, 5.74) is 4.08. The van der Waals surface area contributed by atoms with Crippen LogP contribution in [-0.2, 0) is 0 Å². The van der Waals surface area contributed by atoms with E-state index in [4.69, 9.17) is 16.3 Å². The van der Waals surface area contributed by atoms with Gasteiger partial charge in [0.05, 0.1) is 47.8 Å². The highest BCUT2D eigenvalue weighted by atomic mass is 35.5. The van der Waals surface area contributed by atoms with Crippen LogP contribution in [-0.4, -0.2) is 36.6 Å². The van der Waals surface area contributed by atoms with Gasteiger partial charge in [0.1, 0.15) is 17.5 Å². The maximum absolute atomic E-state index is 11.2. The minimum atomic E-state index is -0.907. The first kappa shape index (κ1) is 17.2. The Morgan fingerprint density at radius 2 is 2.11 bits per heavy atom. The lowest BCUT2D eigenvalue weighted by Crippen LogP contribution is -2.10. The number of imidazole rings is 1. The van der Waals surface area contributed by atoms with Crippen LogP contribution in [0.5, 0.6) is 5.75 Å². The van der Waals surface area contributed by atoms with Gasteiger partial charge in [-0.2, -0.15) is 0 Å². The minimum absolute atomic E-state index is 0.468. The van der Waals surface area contributed by atoms with E-state index in [0.717, 1.165) is 35.3 Å². The molecular weight excluding hydrogens is 378 g/mol. The third kappa shape index (κ3) is 2.83. The molecule has 1 N–H and O–H groups in total. The van der Waals surface area contributed by atoms with Crippen molar-refractivity contribution in [1.29, 1.82) is 0 Å². The van der Waals surface area contributed by atoms with E-state index in [2.05, 4.69) is 21.4 Å². The third-order valence-corrected chi connectivity index (χ3v) is 5.42. The number of methoxy groups -OCH3 is 1. The molecule has 1 aliphatic carbocycles. The van der Waals surface area contributed by atoms with Gasteiger partial charge < -0.3 is 9.84 Å². The molecule has 142 valence electrons. The van der Waals surface area contributed by atoms with Crippen LogP contribution in [0.3, 0.4) is 0 Å². The quantitative estimate of drug-likeness (QED) is 0.559. The average molecular weight is 396 g/mol. The zero-order chi connectivity index (χ0) is 19.3. The van der Waals surface area contributed by atoms with Crippen LogP contribution >= 0.6 is 11.6 Å². The molecule has 28 heavy (non-hydrogen) atoms. The van der Waals surface area contributed by atoms with Crippen molar-refractivity contribution in [3.8, 4) is 11.4 Å². The van der Waals surface area contributed by atoms with E-state index in [9.17, 15) is 5.11 Å². The molecule has 0 bridgehead atoms. The third-order valence-electron chi connectivity index (χ3n) is 5.12. The van der Waals surface area contributed by atoms with E-state index in [-0.39, 0.29) is 0 Å². The zero-order valence-electron chi connectivity index (χ0n) is 15.2. The van der Waals surface area contributed by atoms with Gasteiger partial charge in [0.15, 0.2) is 0 Å². The van der Waals surface area contributed by atoms with E-state index >= 15 is 0 Å². The molecule has 8 heteroatoms. The van der Waals surface area contributed by atoms with E-state index < -0.39 is 6.10 Å². The number of aromatic nitrogens is 5. The fraction of sp³-hybridized carbons (Fsp3) is 0.250. The van der Waals surface area contributed by atoms with Gasteiger partial charge >= 0.3 is 0 Å². The molecule has 1 saturated carbocycles. The molecule has 7 nitrogen and oxygen atoms in total. The van der Waals surface area contributed by atoms with Crippen molar-refractivity contribution in [1.82, 2.24) is 24.4 Å². The first-order valence-corrected chi connectivity index (χ1v) is 9.42. The number of aliphatic hydroxyl groups is 1. The molecule has 0 spiro atoms. The van der Waals surface area contributed by atoms with Crippen molar-refractivity contribution in [2.75, 3.05) is 7.11 Å². The molecule has 1 atom stereocenters. The molecule has 1 aliphatic rings. The molecule has 5 rings (SSSR count). The lowest BCUT2D eigenvalue weighted by molar-refractivity contribution is 0.207. The Labute approximate surface area is 166 Å². The Kier molecular flexibility index (Phi) is 4.07. The standard InChI is InChI=1S/C20H18ClN5O2/c1-28-18-7-5-13(8-16(18)21)26-10-17(23-24-26)20(27)19-15(12-2-3-12)6-4-14-9-22-11-25(14)19/h4-12,20,27H,2-3H2,1H3. The smallest absolute Gasteiger partial charge is 0.140 e. The lowest BCUT2D eigenvalue weighted by atomic mass is 10.0. The van der Waals surface area contributed by atoms with Gasteiger partial charge in [0.2, 0.25) is 0 Å². The van der Waals surface area contributed by atoms with E-state index in [0.29, 0.717) is 22.4 Å². The topological polar surface area (TPSA) is 77.5 Å². The summed E-state index contributed by atoms with van der Waals surface area (Å²) < 4.78 is 8.71. The van der Waals surface area contributed by atoms with Crippen molar-refractivity contribution in [3.63, 3.8) is 0 Å². The largest absolute Gasteiger partial charge is 0.495 e. The van der Waals surface area contributed by atoms with E-state index in [1.165, 1.54) is 0 Å². The maximum atomic E-state index is 11.2. The van der Waals surface area contributed by atoms with Crippen LogP contribution in [0.1, 0.15) is 41.8 Å². The van der Waals surface area contributed by atoms with Crippen LogP contribution < -0.4 is 4.74 Å². The predicted octanol–water partition coefficient (Wildman–Crippen LogP) is 3.54. The first-order chi connectivity index (χ1) is 13.7. The van der Waals surface area contributed by atoms with Crippen LogP contribution in [0, 0.1) is 0 Å². The van der Waals surface area contributed by atoms with Crippen LogP contribution in [0.15, 0.2) is 49.1 Å². The number of hydrogen-bond acceptors (Lipinski definition) is 5. The lowest BCUT2D eigenvalue weighted by Gasteiger charge is -2.16. The summed E-state index contributed by atoms with van der Waals surface area (Å²) in [5, 5.41) is 20.0. The van der Waals surface area contributed by atoms with Crippen LogP contribution in [0.25, 0.3) is 11.2 Å². The van der Waals surface area contributed by atoms with Crippen molar-refractivity contribution in [2.24, 2.45) is 0 Å². The second kappa shape index (κ2) is 6.61. The maximum Gasteiger partial charge on any atom is 0.140 e. The Hall–Kier alpha value is -2.90. The van der Waals surface area contributed by atoms with E-state index in [1.807, 2.05) is 16.5 Å². The highest BCUT2D eigenvalue weighted by Crippen LogP contribution is 2.44. The van der Waals surface area contributed by atoms with Gasteiger partial charge in [0, 0.05) is 0 Å². The monoisotopic (exact) mass is 395 g/mol. The van der Waals surface area contributed by atoms with Crippen molar-refractivity contribution in [3.05, 3.63) is 71.0 Å². The first-order valence-electron chi connectivity index (χ1n) is 9.05. The average Bonchev–Trinajstić information content (AvgIpc) is 3.24. The highest BCUT2D eigenvalue weighted by molar-refractivity contribution is 6.32.